The highest BCUT2D eigenvalue weighted by molar-refractivity contribution is 5.96. The molecule has 13 heavy (non-hydrogen) atoms. The number of ether oxygens (including phenoxy) is 1. The summed E-state index contributed by atoms with van der Waals surface area (Å²) in [4.78, 5) is 11.4. The number of rotatable bonds is 2. The lowest BCUT2D eigenvalue weighted by Gasteiger charge is -2.00. The minimum absolute atomic E-state index is 0.203. The average molecular weight is 176 g/mol. The number of ketones is 1. The van der Waals surface area contributed by atoms with Gasteiger partial charge in [-0.15, -0.1) is 0 Å². The molecule has 1 aromatic rings. The van der Waals surface area contributed by atoms with Gasteiger partial charge in [0, 0.05) is 12.0 Å². The Hall–Kier alpha value is -1.15. The third-order valence-electron chi connectivity index (χ3n) is 2.36. The van der Waals surface area contributed by atoms with Crippen molar-refractivity contribution in [3.8, 4) is 0 Å². The van der Waals surface area contributed by atoms with Crippen LogP contribution in [-0.4, -0.2) is 5.78 Å². The number of hydrogen-bond acceptors (Lipinski definition) is 2. The van der Waals surface area contributed by atoms with Crippen molar-refractivity contribution < 1.29 is 9.53 Å². The highest BCUT2D eigenvalue weighted by atomic mass is 16.5. The molecule has 0 N–H and O–H groups in total. The van der Waals surface area contributed by atoms with E-state index in [9.17, 15) is 4.79 Å². The fraction of sp³-hybridized carbons (Fsp3) is 0.364. The third-order valence-corrected chi connectivity index (χ3v) is 2.36. The van der Waals surface area contributed by atoms with E-state index in [-0.39, 0.29) is 5.78 Å². The van der Waals surface area contributed by atoms with Crippen LogP contribution in [0.1, 0.15) is 34.8 Å². The van der Waals surface area contributed by atoms with Gasteiger partial charge in [0.25, 0.3) is 0 Å². The Kier molecular flexibility index (Phi) is 2.15. The predicted molar refractivity (Wildman–Crippen MR) is 49.6 cm³/mol. The van der Waals surface area contributed by atoms with Gasteiger partial charge >= 0.3 is 0 Å². The van der Waals surface area contributed by atoms with Crippen molar-refractivity contribution in [2.45, 2.75) is 26.6 Å². The zero-order chi connectivity index (χ0) is 9.26. The summed E-state index contributed by atoms with van der Waals surface area (Å²) in [7, 11) is 0. The molecule has 0 amide bonds. The highest BCUT2D eigenvalue weighted by Gasteiger charge is 2.12. The van der Waals surface area contributed by atoms with E-state index < -0.39 is 0 Å². The van der Waals surface area contributed by atoms with Crippen LogP contribution >= 0.6 is 0 Å². The lowest BCUT2D eigenvalue weighted by atomic mass is 10.0. The van der Waals surface area contributed by atoms with Crippen molar-refractivity contribution >= 4 is 5.78 Å². The van der Waals surface area contributed by atoms with Crippen LogP contribution in [0, 0.1) is 0 Å². The fourth-order valence-corrected chi connectivity index (χ4v) is 1.55. The van der Waals surface area contributed by atoms with Gasteiger partial charge in [-0.05, 0) is 17.2 Å². The van der Waals surface area contributed by atoms with Crippen molar-refractivity contribution in [3.05, 3.63) is 34.9 Å². The molecule has 2 nitrogen and oxygen atoms in total. The molecule has 0 spiro atoms. The predicted octanol–water partition coefficient (Wildman–Crippen LogP) is 2.31. The Morgan fingerprint density at radius 3 is 2.92 bits per heavy atom. The van der Waals surface area contributed by atoms with Gasteiger partial charge in [-0.25, -0.2) is 0 Å². The van der Waals surface area contributed by atoms with Gasteiger partial charge in [-0.1, -0.05) is 19.1 Å². The van der Waals surface area contributed by atoms with Crippen LogP contribution in [0.2, 0.25) is 0 Å². The van der Waals surface area contributed by atoms with E-state index in [0.717, 1.165) is 5.56 Å². The van der Waals surface area contributed by atoms with Gasteiger partial charge in [0.05, 0.1) is 13.2 Å². The van der Waals surface area contributed by atoms with Crippen LogP contribution < -0.4 is 0 Å². The second-order valence-electron chi connectivity index (χ2n) is 3.25. The Labute approximate surface area is 77.5 Å². The van der Waals surface area contributed by atoms with Crippen LogP contribution in [-0.2, 0) is 18.0 Å². The zero-order valence-corrected chi connectivity index (χ0v) is 7.67. The molecule has 0 radical (unpaired) electrons. The molecule has 1 heterocycles. The molecule has 0 unspecified atom stereocenters. The summed E-state index contributed by atoms with van der Waals surface area (Å²) in [6.07, 6.45) is 0.569. The summed E-state index contributed by atoms with van der Waals surface area (Å²) in [5.74, 6) is 0.203. The Bertz CT molecular complexity index is 342. The fourth-order valence-electron chi connectivity index (χ4n) is 1.55. The standard InChI is InChI=1S/C11H12O2/c1-2-11(12)8-3-4-9-6-13-7-10(9)5-8/h3-5H,2,6-7H2,1H3. The Morgan fingerprint density at radius 2 is 2.15 bits per heavy atom. The van der Waals surface area contributed by atoms with E-state index in [2.05, 4.69) is 0 Å². The number of carbonyl (C=O) groups excluding carboxylic acids is 1. The van der Waals surface area contributed by atoms with Crippen LogP contribution in [0.25, 0.3) is 0 Å². The van der Waals surface area contributed by atoms with Crippen LogP contribution in [0.3, 0.4) is 0 Å². The van der Waals surface area contributed by atoms with E-state index >= 15 is 0 Å². The topological polar surface area (TPSA) is 26.3 Å². The molecule has 0 saturated heterocycles. The summed E-state index contributed by atoms with van der Waals surface area (Å²) in [6.45, 7) is 3.22. The molecule has 2 rings (SSSR count). The van der Waals surface area contributed by atoms with Crippen LogP contribution in [0.15, 0.2) is 18.2 Å². The van der Waals surface area contributed by atoms with Crippen molar-refractivity contribution in [2.75, 3.05) is 0 Å². The lowest BCUT2D eigenvalue weighted by Crippen LogP contribution is -1.97. The van der Waals surface area contributed by atoms with E-state index in [1.165, 1.54) is 11.1 Å². The van der Waals surface area contributed by atoms with Crippen molar-refractivity contribution in [3.63, 3.8) is 0 Å². The first-order chi connectivity index (χ1) is 6.31. The monoisotopic (exact) mass is 176 g/mol. The molecule has 1 aliphatic heterocycles. The zero-order valence-electron chi connectivity index (χ0n) is 7.67. The second-order valence-corrected chi connectivity index (χ2v) is 3.25. The number of carbonyl (C=O) groups is 1. The third kappa shape index (κ3) is 1.49. The van der Waals surface area contributed by atoms with Crippen LogP contribution in [0.5, 0.6) is 0 Å². The van der Waals surface area contributed by atoms with E-state index in [0.29, 0.717) is 19.6 Å². The molecular formula is C11H12O2. The van der Waals surface area contributed by atoms with Gasteiger partial charge in [0.1, 0.15) is 0 Å². The molecular weight excluding hydrogens is 164 g/mol. The minimum atomic E-state index is 0.203. The van der Waals surface area contributed by atoms with Crippen molar-refractivity contribution in [1.82, 2.24) is 0 Å². The van der Waals surface area contributed by atoms with E-state index in [4.69, 9.17) is 4.74 Å². The van der Waals surface area contributed by atoms with Crippen LogP contribution in [0.4, 0.5) is 0 Å². The first-order valence-corrected chi connectivity index (χ1v) is 4.54. The average Bonchev–Trinajstić information content (AvgIpc) is 2.63. The van der Waals surface area contributed by atoms with E-state index in [1.807, 2.05) is 25.1 Å². The maximum Gasteiger partial charge on any atom is 0.162 e. The molecule has 0 aromatic heterocycles. The summed E-state index contributed by atoms with van der Waals surface area (Å²) in [5, 5.41) is 0. The summed E-state index contributed by atoms with van der Waals surface area (Å²) >= 11 is 0. The largest absolute Gasteiger partial charge is 0.372 e. The number of Topliss-reactive ketones (excluding diaryl/α,β-unsaturated/α-hetero) is 1. The lowest BCUT2D eigenvalue weighted by molar-refractivity contribution is 0.0988. The quantitative estimate of drug-likeness (QED) is 0.646. The first kappa shape index (κ1) is 8.45. The summed E-state index contributed by atoms with van der Waals surface area (Å²) in [5.41, 5.74) is 3.19. The second kappa shape index (κ2) is 3.30. The molecule has 0 saturated carbocycles. The summed E-state index contributed by atoms with van der Waals surface area (Å²) < 4.78 is 5.27. The molecule has 0 fully saturated rings. The number of hydrogen-bond donors (Lipinski definition) is 0. The highest BCUT2D eigenvalue weighted by Crippen LogP contribution is 2.21. The van der Waals surface area contributed by atoms with E-state index in [1.54, 1.807) is 0 Å². The smallest absolute Gasteiger partial charge is 0.162 e. The normalized spacial score (nSPS) is 14.2. The SMILES string of the molecule is CCC(=O)c1ccc2c(c1)COC2. The maximum atomic E-state index is 11.4. The van der Waals surface area contributed by atoms with Gasteiger partial charge in [-0.3, -0.25) is 4.79 Å². The Morgan fingerprint density at radius 1 is 1.38 bits per heavy atom. The first-order valence-electron chi connectivity index (χ1n) is 4.54. The molecule has 0 aliphatic carbocycles. The molecule has 1 aliphatic rings. The molecule has 1 aromatic carbocycles. The van der Waals surface area contributed by atoms with Crippen molar-refractivity contribution in [2.24, 2.45) is 0 Å². The summed E-state index contributed by atoms with van der Waals surface area (Å²) in [6, 6.07) is 5.83. The minimum Gasteiger partial charge on any atom is -0.372 e. The Balaban J connectivity index is 2.36. The van der Waals surface area contributed by atoms with Gasteiger partial charge in [-0.2, -0.15) is 0 Å². The molecule has 0 bridgehead atoms. The van der Waals surface area contributed by atoms with Gasteiger partial charge in [0.2, 0.25) is 0 Å². The van der Waals surface area contributed by atoms with Gasteiger partial charge < -0.3 is 4.74 Å². The molecule has 2 heteroatoms. The van der Waals surface area contributed by atoms with Crippen molar-refractivity contribution in [1.29, 1.82) is 0 Å². The molecule has 0 atom stereocenters. The number of benzene rings is 1. The van der Waals surface area contributed by atoms with Gasteiger partial charge in [0.15, 0.2) is 5.78 Å². The molecule has 68 valence electrons. The number of fused-ring (bicyclic) bond motifs is 1. The maximum absolute atomic E-state index is 11.4.